The summed E-state index contributed by atoms with van der Waals surface area (Å²) in [6, 6.07) is 8.75. The Morgan fingerprint density at radius 3 is 2.29 bits per heavy atom. The Kier molecular flexibility index (Phi) is 7.48. The van der Waals surface area contributed by atoms with E-state index in [-0.39, 0.29) is 29.5 Å². The molecule has 5 unspecified atom stereocenters. The smallest absolute Gasteiger partial charge is 0.200 e. The zero-order chi connectivity index (χ0) is 28.0. The highest BCUT2D eigenvalue weighted by molar-refractivity contribution is 6.34. The van der Waals surface area contributed by atoms with Gasteiger partial charge in [0.05, 0.1) is 16.9 Å². The SMILES string of the molecule is CC(C)=CCC1CC2(CC=C(C)C)C(=O)C(C(=O)c3ccccc3)=C3OC(C(C)(C)O)CCC1(C)C3C2=O. The van der Waals surface area contributed by atoms with E-state index < -0.39 is 40.0 Å². The van der Waals surface area contributed by atoms with Gasteiger partial charge in [0.15, 0.2) is 17.3 Å². The number of rotatable bonds is 7. The molecule has 5 nitrogen and oxygen atoms in total. The van der Waals surface area contributed by atoms with Crippen molar-refractivity contribution in [3.8, 4) is 0 Å². The third-order valence-corrected chi connectivity index (χ3v) is 9.03. The van der Waals surface area contributed by atoms with Gasteiger partial charge in [0.1, 0.15) is 17.4 Å². The van der Waals surface area contributed by atoms with Crippen molar-refractivity contribution in [3.63, 3.8) is 0 Å². The van der Waals surface area contributed by atoms with Crippen molar-refractivity contribution >= 4 is 17.3 Å². The molecular formula is C33H42O5. The minimum Gasteiger partial charge on any atom is -0.490 e. The van der Waals surface area contributed by atoms with Crippen molar-refractivity contribution < 1.29 is 24.2 Å². The number of carbonyl (C=O) groups is 3. The number of fused-ring (bicyclic) bond motifs is 1. The highest BCUT2D eigenvalue weighted by Gasteiger charge is 2.67. The number of ether oxygens (including phenoxy) is 1. The molecule has 1 saturated heterocycles. The second-order valence-corrected chi connectivity index (χ2v) is 12.9. The minimum atomic E-state index is -1.30. The molecule has 1 saturated carbocycles. The van der Waals surface area contributed by atoms with Crippen LogP contribution >= 0.6 is 0 Å². The van der Waals surface area contributed by atoms with Gasteiger partial charge < -0.3 is 9.84 Å². The van der Waals surface area contributed by atoms with E-state index in [4.69, 9.17) is 4.74 Å². The summed E-state index contributed by atoms with van der Waals surface area (Å²) in [6.45, 7) is 13.5. The lowest BCUT2D eigenvalue weighted by molar-refractivity contribution is -0.158. The maximum absolute atomic E-state index is 14.6. The fourth-order valence-electron chi connectivity index (χ4n) is 6.65. The van der Waals surface area contributed by atoms with Crippen LogP contribution in [0.3, 0.4) is 0 Å². The second-order valence-electron chi connectivity index (χ2n) is 12.9. The highest BCUT2D eigenvalue weighted by Crippen LogP contribution is 2.63. The van der Waals surface area contributed by atoms with Gasteiger partial charge >= 0.3 is 0 Å². The van der Waals surface area contributed by atoms with Crippen LogP contribution in [0.1, 0.15) is 90.9 Å². The fraction of sp³-hybridized carbons (Fsp3) is 0.545. The van der Waals surface area contributed by atoms with E-state index in [1.165, 1.54) is 5.57 Å². The minimum absolute atomic E-state index is 0.00834. The van der Waals surface area contributed by atoms with Gasteiger partial charge in [-0.15, -0.1) is 0 Å². The molecule has 0 aromatic heterocycles. The molecular weight excluding hydrogens is 476 g/mol. The van der Waals surface area contributed by atoms with Gasteiger partial charge in [-0.2, -0.15) is 0 Å². The molecule has 5 atom stereocenters. The van der Waals surface area contributed by atoms with E-state index in [9.17, 15) is 19.5 Å². The highest BCUT2D eigenvalue weighted by atomic mass is 16.5. The lowest BCUT2D eigenvalue weighted by Gasteiger charge is -2.55. The number of aliphatic hydroxyl groups is 1. The van der Waals surface area contributed by atoms with E-state index in [1.807, 2.05) is 26.0 Å². The Labute approximate surface area is 227 Å². The van der Waals surface area contributed by atoms with Crippen LogP contribution in [0.2, 0.25) is 0 Å². The molecule has 1 aliphatic heterocycles. The summed E-state index contributed by atoms with van der Waals surface area (Å²) < 4.78 is 6.47. The third kappa shape index (κ3) is 4.75. The first-order valence-electron chi connectivity index (χ1n) is 13.8. The van der Waals surface area contributed by atoms with Gasteiger partial charge in [-0.25, -0.2) is 0 Å². The number of hydrogen-bond acceptors (Lipinski definition) is 5. The van der Waals surface area contributed by atoms with E-state index in [2.05, 4.69) is 26.8 Å². The van der Waals surface area contributed by atoms with Crippen molar-refractivity contribution in [2.45, 2.75) is 92.3 Å². The largest absolute Gasteiger partial charge is 0.490 e. The first kappa shape index (κ1) is 28.2. The van der Waals surface area contributed by atoms with E-state index >= 15 is 0 Å². The van der Waals surface area contributed by atoms with Crippen LogP contribution < -0.4 is 0 Å². The van der Waals surface area contributed by atoms with Gasteiger partial charge in [-0.05, 0) is 85.0 Å². The Hall–Kier alpha value is -2.79. The molecule has 1 aromatic rings. The Morgan fingerprint density at radius 1 is 1.08 bits per heavy atom. The average molecular weight is 519 g/mol. The number of Topliss-reactive ketones (excluding diaryl/α,β-unsaturated/α-hetero) is 3. The molecule has 1 aromatic carbocycles. The van der Waals surface area contributed by atoms with Crippen molar-refractivity contribution in [3.05, 3.63) is 70.5 Å². The molecule has 2 fully saturated rings. The van der Waals surface area contributed by atoms with Gasteiger partial charge in [0, 0.05) is 5.56 Å². The second kappa shape index (κ2) is 10.1. The lowest BCUT2D eigenvalue weighted by Crippen LogP contribution is -2.60. The van der Waals surface area contributed by atoms with Crippen molar-refractivity contribution in [1.29, 1.82) is 0 Å². The number of ketones is 3. The standard InChI is InChI=1S/C33H42O5/c1-20(2)13-14-23-19-33(18-15-21(3)4)29(35)25(27(34)22-11-9-8-10-12-22)28-26(30(33)36)32(23,7)17-16-24(38-28)31(5,6)37/h8-13,15,23-24,26,37H,14,16-19H2,1-7H3. The van der Waals surface area contributed by atoms with Crippen LogP contribution in [0, 0.1) is 22.7 Å². The molecule has 1 N–H and O–H groups in total. The predicted octanol–water partition coefficient (Wildman–Crippen LogP) is 6.57. The van der Waals surface area contributed by atoms with Crippen LogP contribution in [0.5, 0.6) is 0 Å². The zero-order valence-electron chi connectivity index (χ0n) is 23.9. The third-order valence-electron chi connectivity index (χ3n) is 9.03. The summed E-state index contributed by atoms with van der Waals surface area (Å²) in [5.41, 5.74) is -0.432. The molecule has 4 rings (SSSR count). The monoisotopic (exact) mass is 518 g/mol. The Morgan fingerprint density at radius 2 is 1.71 bits per heavy atom. The molecule has 0 radical (unpaired) electrons. The summed E-state index contributed by atoms with van der Waals surface area (Å²) in [4.78, 5) is 43.1. The number of benzene rings is 1. The first-order chi connectivity index (χ1) is 17.7. The van der Waals surface area contributed by atoms with Crippen LogP contribution in [-0.2, 0) is 14.3 Å². The topological polar surface area (TPSA) is 80.7 Å². The molecule has 0 spiro atoms. The molecule has 204 valence electrons. The molecule has 2 aliphatic carbocycles. The Bertz CT molecular complexity index is 1220. The fourth-order valence-corrected chi connectivity index (χ4v) is 6.65. The van der Waals surface area contributed by atoms with Crippen LogP contribution in [0.25, 0.3) is 0 Å². The summed E-state index contributed by atoms with van der Waals surface area (Å²) in [6.07, 6.45) is 6.12. The van der Waals surface area contributed by atoms with Crippen LogP contribution in [-0.4, -0.2) is 34.2 Å². The summed E-state index contributed by atoms with van der Waals surface area (Å²) in [5.74, 6) is -1.47. The van der Waals surface area contributed by atoms with E-state index in [0.29, 0.717) is 24.8 Å². The molecule has 1 heterocycles. The summed E-state index contributed by atoms with van der Waals surface area (Å²) >= 11 is 0. The molecule has 5 heteroatoms. The summed E-state index contributed by atoms with van der Waals surface area (Å²) in [7, 11) is 0. The number of carbonyl (C=O) groups excluding carboxylic acids is 3. The van der Waals surface area contributed by atoms with Crippen LogP contribution in [0.4, 0.5) is 0 Å². The van der Waals surface area contributed by atoms with E-state index in [0.717, 1.165) is 12.0 Å². The molecule has 3 aliphatic rings. The first-order valence-corrected chi connectivity index (χ1v) is 13.8. The predicted molar refractivity (Wildman–Crippen MR) is 148 cm³/mol. The normalized spacial score (nSPS) is 30.8. The molecule has 2 bridgehead atoms. The van der Waals surface area contributed by atoms with Gasteiger partial charge in [-0.3, -0.25) is 14.4 Å². The van der Waals surface area contributed by atoms with E-state index in [1.54, 1.807) is 38.1 Å². The van der Waals surface area contributed by atoms with Crippen molar-refractivity contribution in [2.75, 3.05) is 0 Å². The molecule has 0 amide bonds. The van der Waals surface area contributed by atoms with Crippen LogP contribution in [0.15, 0.2) is 65.0 Å². The van der Waals surface area contributed by atoms with Gasteiger partial charge in [0.25, 0.3) is 0 Å². The van der Waals surface area contributed by atoms with Gasteiger partial charge in [-0.1, -0.05) is 60.6 Å². The Balaban J connectivity index is 2.02. The molecule has 38 heavy (non-hydrogen) atoms. The maximum atomic E-state index is 14.6. The van der Waals surface area contributed by atoms with Gasteiger partial charge in [0.2, 0.25) is 0 Å². The van der Waals surface area contributed by atoms with Crippen molar-refractivity contribution in [1.82, 2.24) is 0 Å². The quantitative estimate of drug-likeness (QED) is 0.191. The average Bonchev–Trinajstić information content (AvgIpc) is 3.01. The maximum Gasteiger partial charge on any atom is 0.200 e. The number of hydrogen-bond donors (Lipinski definition) is 1. The summed E-state index contributed by atoms with van der Waals surface area (Å²) in [5, 5.41) is 11.0. The number of allylic oxidation sites excluding steroid dienone is 6. The van der Waals surface area contributed by atoms with Crippen molar-refractivity contribution in [2.24, 2.45) is 22.7 Å². The zero-order valence-corrected chi connectivity index (χ0v) is 23.9. The lowest BCUT2D eigenvalue weighted by atomic mass is 9.46.